The van der Waals surface area contributed by atoms with E-state index in [2.05, 4.69) is 4.72 Å². The zero-order chi connectivity index (χ0) is 16.9. The van der Waals surface area contributed by atoms with Crippen molar-refractivity contribution >= 4 is 10.0 Å². The van der Waals surface area contributed by atoms with Crippen LogP contribution in [-0.4, -0.2) is 22.1 Å². The lowest BCUT2D eigenvalue weighted by molar-refractivity contribution is 0.386. The number of nitrogens with zero attached hydrogens (tertiary/aromatic N) is 1. The van der Waals surface area contributed by atoms with E-state index in [0.717, 1.165) is 0 Å². The van der Waals surface area contributed by atoms with Crippen molar-refractivity contribution in [3.63, 3.8) is 0 Å². The predicted molar refractivity (Wildman–Crippen MR) is 83.0 cm³/mol. The zero-order valence-corrected chi connectivity index (χ0v) is 13.2. The Morgan fingerprint density at radius 1 is 1.26 bits per heavy atom. The van der Waals surface area contributed by atoms with Crippen molar-refractivity contribution in [2.24, 2.45) is 0 Å². The van der Waals surface area contributed by atoms with Crippen molar-refractivity contribution in [2.45, 2.75) is 11.3 Å². The number of nitriles is 1. The molecule has 0 saturated heterocycles. The molecule has 0 bridgehead atoms. The smallest absolute Gasteiger partial charge is 0.241 e. The third kappa shape index (κ3) is 4.06. The average molecular weight is 334 g/mol. The van der Waals surface area contributed by atoms with Crippen LogP contribution < -0.4 is 9.46 Å². The Morgan fingerprint density at radius 2 is 2.00 bits per heavy atom. The molecule has 0 saturated carbocycles. The Hall–Kier alpha value is -2.43. The van der Waals surface area contributed by atoms with Crippen LogP contribution in [0.1, 0.15) is 11.1 Å². The molecule has 120 valence electrons. The summed E-state index contributed by atoms with van der Waals surface area (Å²) in [5, 5.41) is 8.97. The quantitative estimate of drug-likeness (QED) is 0.878. The minimum absolute atomic E-state index is 0.0663. The number of hydrogen-bond donors (Lipinski definition) is 1. The lowest BCUT2D eigenvalue weighted by Crippen LogP contribution is -2.26. The van der Waals surface area contributed by atoms with Gasteiger partial charge in [0.1, 0.15) is 6.07 Å². The molecular weight excluding hydrogens is 319 g/mol. The monoisotopic (exact) mass is 334 g/mol. The highest BCUT2D eigenvalue weighted by Gasteiger charge is 2.17. The third-order valence-electron chi connectivity index (χ3n) is 3.22. The van der Waals surface area contributed by atoms with Crippen LogP contribution in [0.5, 0.6) is 5.75 Å². The number of ether oxygens (including phenoxy) is 1. The Kier molecular flexibility index (Phi) is 5.32. The first-order valence-electron chi connectivity index (χ1n) is 6.79. The molecule has 0 spiro atoms. The van der Waals surface area contributed by atoms with Gasteiger partial charge >= 0.3 is 0 Å². The summed E-state index contributed by atoms with van der Waals surface area (Å²) >= 11 is 0. The van der Waals surface area contributed by atoms with Crippen molar-refractivity contribution in [2.75, 3.05) is 13.7 Å². The largest absolute Gasteiger partial charge is 0.494 e. The van der Waals surface area contributed by atoms with Crippen LogP contribution in [-0.2, 0) is 16.4 Å². The molecular formula is C16H15FN2O3S. The molecule has 0 radical (unpaired) electrons. The van der Waals surface area contributed by atoms with Gasteiger partial charge in [-0.2, -0.15) is 5.26 Å². The number of hydrogen-bond acceptors (Lipinski definition) is 4. The van der Waals surface area contributed by atoms with Gasteiger partial charge in [0.05, 0.1) is 17.6 Å². The molecule has 23 heavy (non-hydrogen) atoms. The molecule has 0 heterocycles. The van der Waals surface area contributed by atoms with Crippen molar-refractivity contribution in [3.05, 3.63) is 59.4 Å². The van der Waals surface area contributed by atoms with Crippen LogP contribution in [0.15, 0.2) is 47.4 Å². The summed E-state index contributed by atoms with van der Waals surface area (Å²) in [7, 11) is -2.41. The van der Waals surface area contributed by atoms with E-state index in [1.807, 2.05) is 6.07 Å². The summed E-state index contributed by atoms with van der Waals surface area (Å²) < 4.78 is 45.2. The molecule has 0 unspecified atom stereocenters. The van der Waals surface area contributed by atoms with E-state index in [1.165, 1.54) is 31.4 Å². The van der Waals surface area contributed by atoms with E-state index in [4.69, 9.17) is 10.00 Å². The van der Waals surface area contributed by atoms with E-state index in [1.54, 1.807) is 18.2 Å². The van der Waals surface area contributed by atoms with Gasteiger partial charge in [-0.05, 0) is 36.2 Å². The van der Waals surface area contributed by atoms with Crippen molar-refractivity contribution < 1.29 is 17.5 Å². The second kappa shape index (κ2) is 7.22. The predicted octanol–water partition coefficient (Wildman–Crippen LogP) is 2.23. The Balaban J connectivity index is 2.06. The fourth-order valence-corrected chi connectivity index (χ4v) is 3.25. The van der Waals surface area contributed by atoms with Crippen LogP contribution in [0.3, 0.4) is 0 Å². The van der Waals surface area contributed by atoms with Crippen LogP contribution in [0, 0.1) is 17.1 Å². The molecule has 0 aromatic heterocycles. The zero-order valence-electron chi connectivity index (χ0n) is 12.4. The van der Waals surface area contributed by atoms with Crippen molar-refractivity contribution in [1.29, 1.82) is 5.26 Å². The van der Waals surface area contributed by atoms with E-state index in [-0.39, 0.29) is 22.8 Å². The Bertz CT molecular complexity index is 845. The average Bonchev–Trinajstić information content (AvgIpc) is 2.55. The van der Waals surface area contributed by atoms with Gasteiger partial charge in [0.25, 0.3) is 0 Å². The van der Waals surface area contributed by atoms with Crippen LogP contribution in [0.2, 0.25) is 0 Å². The lowest BCUT2D eigenvalue weighted by Gasteiger charge is -2.09. The molecule has 2 rings (SSSR count). The van der Waals surface area contributed by atoms with Gasteiger partial charge in [0.2, 0.25) is 10.0 Å². The number of benzene rings is 2. The summed E-state index contributed by atoms with van der Waals surface area (Å²) in [4.78, 5) is -0.0663. The van der Waals surface area contributed by atoms with Gasteiger partial charge < -0.3 is 4.74 Å². The maximum absolute atomic E-state index is 13.6. The van der Waals surface area contributed by atoms with E-state index >= 15 is 0 Å². The lowest BCUT2D eigenvalue weighted by atomic mass is 10.1. The van der Waals surface area contributed by atoms with E-state index in [0.29, 0.717) is 12.0 Å². The minimum Gasteiger partial charge on any atom is -0.494 e. The normalized spacial score (nSPS) is 11.0. The molecule has 0 aliphatic carbocycles. The second-order valence-electron chi connectivity index (χ2n) is 4.72. The summed E-state index contributed by atoms with van der Waals surface area (Å²) in [5.74, 6) is -0.361. The maximum Gasteiger partial charge on any atom is 0.241 e. The number of halogens is 1. The summed E-state index contributed by atoms with van der Waals surface area (Å²) in [5.41, 5.74) is 0.718. The van der Waals surface area contributed by atoms with Crippen molar-refractivity contribution in [1.82, 2.24) is 4.72 Å². The molecule has 2 aromatic carbocycles. The molecule has 1 N–H and O–H groups in total. The number of rotatable bonds is 6. The topological polar surface area (TPSA) is 79.2 Å². The SMILES string of the molecule is COc1ccc(CCNS(=O)(=O)c2ccccc2C#N)cc1F. The first-order chi connectivity index (χ1) is 11.0. The van der Waals surface area contributed by atoms with Gasteiger partial charge in [0.15, 0.2) is 11.6 Å². The second-order valence-corrected chi connectivity index (χ2v) is 6.46. The molecule has 7 heteroatoms. The summed E-state index contributed by atoms with van der Waals surface area (Å²) in [6.07, 6.45) is 0.314. The first-order valence-corrected chi connectivity index (χ1v) is 8.27. The van der Waals surface area contributed by atoms with Gasteiger partial charge in [0, 0.05) is 6.54 Å². The first kappa shape index (κ1) is 16.9. The molecule has 5 nitrogen and oxygen atoms in total. The van der Waals surface area contributed by atoms with Crippen LogP contribution in [0.25, 0.3) is 0 Å². The van der Waals surface area contributed by atoms with Gasteiger partial charge in [-0.3, -0.25) is 0 Å². The summed E-state index contributed by atoms with van der Waals surface area (Å²) in [6.45, 7) is 0.0911. The highest BCUT2D eigenvalue weighted by Crippen LogP contribution is 2.18. The Labute approximate surface area is 134 Å². The van der Waals surface area contributed by atoms with Crippen LogP contribution >= 0.6 is 0 Å². The van der Waals surface area contributed by atoms with E-state index < -0.39 is 15.8 Å². The standard InChI is InChI=1S/C16H15FN2O3S/c1-22-15-7-6-12(10-14(15)17)8-9-19-23(20,21)16-5-3-2-4-13(16)11-18/h2-7,10,19H,8-9H2,1H3. The molecule has 0 aliphatic rings. The Morgan fingerprint density at radius 3 is 2.65 bits per heavy atom. The van der Waals surface area contributed by atoms with Gasteiger partial charge in [-0.15, -0.1) is 0 Å². The number of nitrogens with one attached hydrogen (secondary N) is 1. The van der Waals surface area contributed by atoms with Gasteiger partial charge in [-0.25, -0.2) is 17.5 Å². The molecule has 2 aromatic rings. The van der Waals surface area contributed by atoms with Crippen molar-refractivity contribution in [3.8, 4) is 11.8 Å². The minimum atomic E-state index is -3.79. The molecule has 0 atom stereocenters. The molecule has 0 fully saturated rings. The third-order valence-corrected chi connectivity index (χ3v) is 4.74. The maximum atomic E-state index is 13.6. The molecule has 0 aliphatic heterocycles. The highest BCUT2D eigenvalue weighted by molar-refractivity contribution is 7.89. The fourth-order valence-electron chi connectivity index (χ4n) is 2.07. The summed E-state index contributed by atoms with van der Waals surface area (Å²) in [6, 6.07) is 12.3. The van der Waals surface area contributed by atoms with Crippen LogP contribution in [0.4, 0.5) is 4.39 Å². The van der Waals surface area contributed by atoms with E-state index in [9.17, 15) is 12.8 Å². The number of sulfonamides is 1. The van der Waals surface area contributed by atoms with Gasteiger partial charge in [-0.1, -0.05) is 18.2 Å². The fraction of sp³-hybridized carbons (Fsp3) is 0.188. The highest BCUT2D eigenvalue weighted by atomic mass is 32.2. The molecule has 0 amide bonds. The number of methoxy groups -OCH3 is 1.